The number of thiophene rings is 1. The molecule has 1 aliphatic heterocycles. The van der Waals surface area contributed by atoms with Crippen molar-refractivity contribution in [2.75, 3.05) is 13.1 Å². The molecule has 1 amide bonds. The van der Waals surface area contributed by atoms with Crippen LogP contribution in [0.25, 0.3) is 0 Å². The van der Waals surface area contributed by atoms with Crippen molar-refractivity contribution < 1.29 is 4.79 Å². The normalized spacial score (nSPS) is 22.0. The maximum atomic E-state index is 12.6. The highest BCUT2D eigenvalue weighted by Crippen LogP contribution is 2.30. The number of hydrogen-bond donors (Lipinski definition) is 1. The molecule has 0 aliphatic carbocycles. The van der Waals surface area contributed by atoms with E-state index in [1.54, 1.807) is 11.3 Å². The first-order valence-corrected chi connectivity index (χ1v) is 8.39. The molecule has 2 N–H and O–H groups in total. The molecule has 1 aliphatic rings. The lowest BCUT2D eigenvalue weighted by Crippen LogP contribution is -2.46. The smallest absolute Gasteiger partial charge is 0.230 e. The van der Waals surface area contributed by atoms with E-state index in [0.717, 1.165) is 34.6 Å². The van der Waals surface area contributed by atoms with E-state index in [4.69, 9.17) is 5.73 Å². The minimum atomic E-state index is -0.0527. The van der Waals surface area contributed by atoms with Gasteiger partial charge in [-0.05, 0) is 60.7 Å². The van der Waals surface area contributed by atoms with Gasteiger partial charge in [0.15, 0.2) is 0 Å². The number of hydrogen-bond acceptors (Lipinski definition) is 3. The van der Waals surface area contributed by atoms with E-state index >= 15 is 0 Å². The average Bonchev–Trinajstić information content (AvgIpc) is 2.84. The van der Waals surface area contributed by atoms with Gasteiger partial charge in [0.25, 0.3) is 0 Å². The van der Waals surface area contributed by atoms with Gasteiger partial charge in [-0.3, -0.25) is 4.79 Å². The predicted molar refractivity (Wildman–Crippen MR) is 90.6 cm³/mol. The lowest BCUT2D eigenvalue weighted by Gasteiger charge is -2.35. The van der Waals surface area contributed by atoms with E-state index in [-0.39, 0.29) is 30.3 Å². The molecule has 3 unspecified atom stereocenters. The second-order valence-corrected chi connectivity index (χ2v) is 7.90. The van der Waals surface area contributed by atoms with Crippen molar-refractivity contribution in [3.63, 3.8) is 0 Å². The van der Waals surface area contributed by atoms with Gasteiger partial charge in [-0.25, -0.2) is 0 Å². The molecule has 0 aromatic carbocycles. The van der Waals surface area contributed by atoms with Crippen LogP contribution >= 0.6 is 39.7 Å². The molecule has 6 heteroatoms. The summed E-state index contributed by atoms with van der Waals surface area (Å²) in [6, 6.07) is 4.21. The molecule has 0 bridgehead atoms. The molecule has 1 saturated heterocycles. The Morgan fingerprint density at radius 1 is 1.50 bits per heavy atom. The lowest BCUT2D eigenvalue weighted by atomic mass is 9.91. The Labute approximate surface area is 139 Å². The second-order valence-electron chi connectivity index (χ2n) is 5.41. The summed E-state index contributed by atoms with van der Waals surface area (Å²) in [5.74, 6) is 0.628. The summed E-state index contributed by atoms with van der Waals surface area (Å²) < 4.78 is 1.08. The summed E-state index contributed by atoms with van der Waals surface area (Å²) in [5, 5.41) is 0. The summed E-state index contributed by atoms with van der Waals surface area (Å²) in [6.07, 6.45) is 2.21. The molecule has 2 heterocycles. The molecule has 2 rings (SSSR count). The summed E-state index contributed by atoms with van der Waals surface area (Å²) in [6.45, 7) is 5.72. The third-order valence-corrected chi connectivity index (χ3v) is 5.71. The van der Waals surface area contributed by atoms with E-state index in [1.165, 1.54) is 0 Å². The number of halogens is 2. The molecule has 1 aromatic rings. The van der Waals surface area contributed by atoms with Crippen LogP contribution < -0.4 is 5.73 Å². The van der Waals surface area contributed by atoms with Gasteiger partial charge in [-0.2, -0.15) is 0 Å². The fourth-order valence-electron chi connectivity index (χ4n) is 2.60. The summed E-state index contributed by atoms with van der Waals surface area (Å²) in [4.78, 5) is 15.7. The van der Waals surface area contributed by atoms with Gasteiger partial charge in [-0.1, -0.05) is 0 Å². The Bertz CT molecular complexity index is 452. The molecule has 20 heavy (non-hydrogen) atoms. The number of amides is 1. The zero-order chi connectivity index (χ0) is 14.0. The van der Waals surface area contributed by atoms with Crippen molar-refractivity contribution in [1.29, 1.82) is 0 Å². The first-order valence-electron chi connectivity index (χ1n) is 6.78. The van der Waals surface area contributed by atoms with Gasteiger partial charge in [0.1, 0.15) is 0 Å². The Hall–Kier alpha value is -0.100. The Kier molecular flexibility index (Phi) is 6.98. The number of nitrogens with two attached hydrogens (primary N) is 1. The highest BCUT2D eigenvalue weighted by Gasteiger charge is 2.29. The summed E-state index contributed by atoms with van der Waals surface area (Å²) in [5.41, 5.74) is 5.98. The van der Waals surface area contributed by atoms with Gasteiger partial charge >= 0.3 is 0 Å². The van der Waals surface area contributed by atoms with Crippen LogP contribution in [0.3, 0.4) is 0 Å². The first-order chi connectivity index (χ1) is 8.99. The Balaban J connectivity index is 0.00000200. The summed E-state index contributed by atoms with van der Waals surface area (Å²) >= 11 is 5.09. The van der Waals surface area contributed by atoms with Crippen LogP contribution in [0, 0.1) is 5.92 Å². The number of carbonyl (C=O) groups excluding carboxylic acids is 1. The largest absolute Gasteiger partial charge is 0.342 e. The van der Waals surface area contributed by atoms with E-state index in [2.05, 4.69) is 15.9 Å². The van der Waals surface area contributed by atoms with Crippen LogP contribution in [0.1, 0.15) is 37.5 Å². The van der Waals surface area contributed by atoms with Gasteiger partial charge in [0.05, 0.1) is 9.70 Å². The van der Waals surface area contributed by atoms with Crippen molar-refractivity contribution in [3.05, 3.63) is 20.8 Å². The minimum absolute atomic E-state index is 0. The van der Waals surface area contributed by atoms with Crippen LogP contribution in [0.4, 0.5) is 0 Å². The fraction of sp³-hybridized carbons (Fsp3) is 0.643. The molecule has 1 aromatic heterocycles. The van der Waals surface area contributed by atoms with Crippen molar-refractivity contribution >= 4 is 45.6 Å². The maximum Gasteiger partial charge on any atom is 0.230 e. The van der Waals surface area contributed by atoms with Crippen molar-refractivity contribution in [3.8, 4) is 0 Å². The first kappa shape index (κ1) is 18.0. The van der Waals surface area contributed by atoms with Gasteiger partial charge in [-0.15, -0.1) is 23.7 Å². The topological polar surface area (TPSA) is 46.3 Å². The molecule has 3 atom stereocenters. The van der Waals surface area contributed by atoms with Gasteiger partial charge in [0.2, 0.25) is 5.91 Å². The van der Waals surface area contributed by atoms with Gasteiger partial charge < -0.3 is 10.6 Å². The number of likely N-dealkylation sites (tertiary alicyclic amines) is 1. The maximum absolute atomic E-state index is 12.6. The van der Waals surface area contributed by atoms with E-state index in [0.29, 0.717) is 5.92 Å². The lowest BCUT2D eigenvalue weighted by molar-refractivity contribution is -0.134. The number of carbonyl (C=O) groups is 1. The zero-order valence-corrected chi connectivity index (χ0v) is 15.1. The Morgan fingerprint density at radius 2 is 2.20 bits per heavy atom. The van der Waals surface area contributed by atoms with E-state index in [9.17, 15) is 4.79 Å². The highest BCUT2D eigenvalue weighted by molar-refractivity contribution is 9.11. The predicted octanol–water partition coefficient (Wildman–Crippen LogP) is 3.62. The monoisotopic (exact) mass is 380 g/mol. The molecule has 1 fully saturated rings. The average molecular weight is 382 g/mol. The van der Waals surface area contributed by atoms with Crippen LogP contribution in [0.15, 0.2) is 15.9 Å². The third kappa shape index (κ3) is 4.20. The van der Waals surface area contributed by atoms with Crippen LogP contribution in [0.2, 0.25) is 0 Å². The van der Waals surface area contributed by atoms with Crippen LogP contribution in [0.5, 0.6) is 0 Å². The molecule has 0 spiro atoms. The SMILES string of the molecule is CC(C(=O)N1CCCC(C(C)N)C1)c1ccc(Br)s1.Cl. The van der Waals surface area contributed by atoms with Gasteiger partial charge in [0, 0.05) is 24.0 Å². The fourth-order valence-corrected chi connectivity index (χ4v) is 4.06. The number of piperidine rings is 1. The summed E-state index contributed by atoms with van der Waals surface area (Å²) in [7, 11) is 0. The number of nitrogens with zero attached hydrogens (tertiary/aromatic N) is 1. The molecule has 0 saturated carbocycles. The van der Waals surface area contributed by atoms with Crippen molar-refractivity contribution in [1.82, 2.24) is 4.90 Å². The Morgan fingerprint density at radius 3 is 2.75 bits per heavy atom. The quantitative estimate of drug-likeness (QED) is 0.869. The molecule has 3 nitrogen and oxygen atoms in total. The van der Waals surface area contributed by atoms with Crippen LogP contribution in [-0.4, -0.2) is 29.9 Å². The van der Waals surface area contributed by atoms with Crippen molar-refractivity contribution in [2.45, 2.75) is 38.6 Å². The zero-order valence-electron chi connectivity index (χ0n) is 11.8. The standard InChI is InChI=1S/C14H21BrN2OS.ClH/c1-9(12-5-6-13(15)19-12)14(18)17-7-3-4-11(8-17)10(2)16;/h5-6,9-11H,3-4,7-8,16H2,1-2H3;1H. The van der Waals surface area contributed by atoms with E-state index < -0.39 is 0 Å². The molecular weight excluding hydrogens is 360 g/mol. The molecule has 114 valence electrons. The third-order valence-electron chi connectivity index (χ3n) is 3.90. The molecule has 0 radical (unpaired) electrons. The number of rotatable bonds is 3. The highest BCUT2D eigenvalue weighted by atomic mass is 79.9. The minimum Gasteiger partial charge on any atom is -0.342 e. The van der Waals surface area contributed by atoms with E-state index in [1.807, 2.05) is 30.9 Å². The van der Waals surface area contributed by atoms with Crippen molar-refractivity contribution in [2.24, 2.45) is 11.7 Å². The second kappa shape index (κ2) is 7.78. The van der Waals surface area contributed by atoms with Crippen LogP contribution in [-0.2, 0) is 4.79 Å². The molecular formula is C14H22BrClN2OS.